The van der Waals surface area contributed by atoms with Crippen molar-refractivity contribution < 1.29 is 28.6 Å². The van der Waals surface area contributed by atoms with Crippen molar-refractivity contribution >= 4 is 17.8 Å². The fourth-order valence-corrected chi connectivity index (χ4v) is 4.25. The van der Waals surface area contributed by atoms with Gasteiger partial charge in [0.05, 0.1) is 31.6 Å². The fourth-order valence-electron chi connectivity index (χ4n) is 4.25. The Labute approximate surface area is 206 Å². The lowest BCUT2D eigenvalue weighted by Gasteiger charge is -2.28. The van der Waals surface area contributed by atoms with Crippen molar-refractivity contribution in [2.75, 3.05) is 39.9 Å². The van der Waals surface area contributed by atoms with E-state index in [2.05, 4.69) is 18.7 Å². The Bertz CT molecular complexity index is 1070. The van der Waals surface area contributed by atoms with Crippen LogP contribution >= 0.6 is 0 Å². The van der Waals surface area contributed by atoms with Gasteiger partial charge in [0, 0.05) is 6.54 Å². The van der Waals surface area contributed by atoms with Crippen LogP contribution < -0.4 is 9.47 Å². The number of hydrogen-bond donors (Lipinski definition) is 1. The molecule has 2 aromatic rings. The van der Waals surface area contributed by atoms with E-state index in [0.29, 0.717) is 42.4 Å². The first kappa shape index (κ1) is 26.1. The molecule has 8 heteroatoms. The molecule has 1 aliphatic heterocycles. The number of ketones is 1. The molecule has 1 unspecified atom stereocenters. The Hall–Kier alpha value is -3.52. The average Bonchev–Trinajstić information content (AvgIpc) is 3.48. The Balaban J connectivity index is 1.97. The van der Waals surface area contributed by atoms with Crippen molar-refractivity contribution in [3.8, 4) is 11.5 Å². The molecule has 2 heterocycles. The largest absolute Gasteiger partial charge is 0.503 e. The number of furan rings is 1. The SMILES string of the molecule is CCOc1ccc(C2C(C(=O)/C=C/c3ccco3)=C(O)C(=O)N2CCCN(CC)CC)cc1OC. The van der Waals surface area contributed by atoms with Gasteiger partial charge in [-0.05, 0) is 75.0 Å². The maximum Gasteiger partial charge on any atom is 0.290 e. The van der Waals surface area contributed by atoms with Crippen molar-refractivity contribution in [2.24, 2.45) is 0 Å². The molecule has 1 aliphatic rings. The molecule has 188 valence electrons. The lowest BCUT2D eigenvalue weighted by Crippen LogP contribution is -2.34. The summed E-state index contributed by atoms with van der Waals surface area (Å²) in [6, 6.07) is 7.98. The second-order valence-corrected chi connectivity index (χ2v) is 8.10. The van der Waals surface area contributed by atoms with Crippen molar-refractivity contribution in [1.29, 1.82) is 0 Å². The van der Waals surface area contributed by atoms with Gasteiger partial charge in [-0.3, -0.25) is 9.59 Å². The molecule has 1 atom stereocenters. The van der Waals surface area contributed by atoms with Crippen LogP contribution in [0.25, 0.3) is 6.08 Å². The van der Waals surface area contributed by atoms with Gasteiger partial charge in [-0.2, -0.15) is 0 Å². The van der Waals surface area contributed by atoms with Crippen molar-refractivity contribution in [3.05, 3.63) is 65.3 Å². The monoisotopic (exact) mass is 482 g/mol. The third kappa shape index (κ3) is 5.95. The second-order valence-electron chi connectivity index (χ2n) is 8.10. The average molecular weight is 483 g/mol. The van der Waals surface area contributed by atoms with Crippen molar-refractivity contribution in [2.45, 2.75) is 33.2 Å². The topological polar surface area (TPSA) is 92.5 Å². The van der Waals surface area contributed by atoms with Gasteiger partial charge in [-0.1, -0.05) is 19.9 Å². The van der Waals surface area contributed by atoms with Gasteiger partial charge in [0.1, 0.15) is 5.76 Å². The quantitative estimate of drug-likeness (QED) is 0.423. The molecule has 8 nitrogen and oxygen atoms in total. The third-order valence-corrected chi connectivity index (χ3v) is 6.08. The molecule has 3 rings (SSSR count). The minimum atomic E-state index is -0.752. The number of amides is 1. The van der Waals surface area contributed by atoms with E-state index in [4.69, 9.17) is 13.9 Å². The molecule has 1 aromatic heterocycles. The molecule has 0 saturated carbocycles. The van der Waals surface area contributed by atoms with E-state index in [9.17, 15) is 14.7 Å². The predicted octanol–water partition coefficient (Wildman–Crippen LogP) is 4.40. The molecule has 0 spiro atoms. The number of allylic oxidation sites excluding steroid dienone is 1. The van der Waals surface area contributed by atoms with Crippen LogP contribution in [-0.4, -0.2) is 66.5 Å². The van der Waals surface area contributed by atoms with Crippen LogP contribution in [0.5, 0.6) is 11.5 Å². The van der Waals surface area contributed by atoms with Gasteiger partial charge in [0.2, 0.25) is 0 Å². The first-order valence-corrected chi connectivity index (χ1v) is 12.0. The number of aliphatic hydroxyl groups is 1. The first-order valence-electron chi connectivity index (χ1n) is 12.0. The van der Waals surface area contributed by atoms with Crippen molar-refractivity contribution in [1.82, 2.24) is 9.80 Å². The number of carbonyl (C=O) groups is 2. The highest BCUT2D eigenvalue weighted by Crippen LogP contribution is 2.41. The highest BCUT2D eigenvalue weighted by atomic mass is 16.5. The van der Waals surface area contributed by atoms with Gasteiger partial charge in [0.15, 0.2) is 23.0 Å². The second kappa shape index (κ2) is 12.3. The summed E-state index contributed by atoms with van der Waals surface area (Å²) in [6.07, 6.45) is 5.05. The standard InChI is InChI=1S/C27H34N2O6/c1-5-28(6-2)15-9-16-29-25(19-11-14-22(34-7-3)23(18-19)33-4)24(26(31)27(29)32)21(30)13-12-20-10-8-17-35-20/h8,10-14,17-18,25,31H,5-7,9,15-16H2,1-4H3/b13-12+. The van der Waals surface area contributed by atoms with Gasteiger partial charge in [-0.15, -0.1) is 0 Å². The van der Waals surface area contributed by atoms with Crippen LogP contribution in [0.1, 0.15) is 44.6 Å². The number of nitrogens with zero attached hydrogens (tertiary/aromatic N) is 2. The Kier molecular flexibility index (Phi) is 9.14. The summed E-state index contributed by atoms with van der Waals surface area (Å²) in [5.74, 6) is 0.00515. The van der Waals surface area contributed by atoms with Crippen LogP contribution in [-0.2, 0) is 9.59 Å². The smallest absolute Gasteiger partial charge is 0.290 e. The Morgan fingerprint density at radius 3 is 2.60 bits per heavy atom. The molecule has 1 aromatic carbocycles. The molecule has 0 radical (unpaired) electrons. The number of methoxy groups -OCH3 is 1. The maximum absolute atomic E-state index is 13.2. The van der Waals surface area contributed by atoms with Crippen LogP contribution in [0.4, 0.5) is 0 Å². The molecule has 0 saturated heterocycles. The van der Waals surface area contributed by atoms with E-state index >= 15 is 0 Å². The fraction of sp³-hybridized carbons (Fsp3) is 0.407. The van der Waals surface area contributed by atoms with Crippen LogP contribution in [0.15, 0.2) is 58.4 Å². The number of aliphatic hydroxyl groups excluding tert-OH is 1. The zero-order chi connectivity index (χ0) is 25.4. The minimum Gasteiger partial charge on any atom is -0.503 e. The van der Waals surface area contributed by atoms with Crippen LogP contribution in [0, 0.1) is 0 Å². The number of ether oxygens (including phenoxy) is 2. The summed E-state index contributed by atoms with van der Waals surface area (Å²) < 4.78 is 16.4. The van der Waals surface area contributed by atoms with Crippen LogP contribution in [0.3, 0.4) is 0 Å². The summed E-state index contributed by atoms with van der Waals surface area (Å²) in [4.78, 5) is 30.2. The molecular formula is C27H34N2O6. The lowest BCUT2D eigenvalue weighted by atomic mass is 9.95. The highest BCUT2D eigenvalue weighted by Gasteiger charge is 2.42. The van der Waals surface area contributed by atoms with E-state index in [1.54, 1.807) is 35.2 Å². The zero-order valence-electron chi connectivity index (χ0n) is 20.8. The molecule has 35 heavy (non-hydrogen) atoms. The zero-order valence-corrected chi connectivity index (χ0v) is 20.8. The van der Waals surface area contributed by atoms with E-state index in [1.165, 1.54) is 25.5 Å². The van der Waals surface area contributed by atoms with E-state index < -0.39 is 23.5 Å². The van der Waals surface area contributed by atoms with Gasteiger partial charge in [-0.25, -0.2) is 0 Å². The Morgan fingerprint density at radius 2 is 1.97 bits per heavy atom. The third-order valence-electron chi connectivity index (χ3n) is 6.08. The van der Waals surface area contributed by atoms with E-state index in [-0.39, 0.29) is 5.57 Å². The first-order chi connectivity index (χ1) is 16.9. The number of carbonyl (C=O) groups excluding carboxylic acids is 2. The normalized spacial score (nSPS) is 16.1. The molecule has 0 aliphatic carbocycles. The summed E-state index contributed by atoms with van der Waals surface area (Å²) in [6.45, 7) is 9.55. The summed E-state index contributed by atoms with van der Waals surface area (Å²) in [5.41, 5.74) is 0.687. The van der Waals surface area contributed by atoms with E-state index in [1.807, 2.05) is 6.92 Å². The number of benzene rings is 1. The molecule has 0 bridgehead atoms. The summed E-state index contributed by atoms with van der Waals surface area (Å²) >= 11 is 0. The predicted molar refractivity (Wildman–Crippen MR) is 133 cm³/mol. The van der Waals surface area contributed by atoms with Gasteiger partial charge >= 0.3 is 0 Å². The van der Waals surface area contributed by atoms with E-state index in [0.717, 1.165) is 19.6 Å². The molecule has 1 amide bonds. The lowest BCUT2D eigenvalue weighted by molar-refractivity contribution is -0.129. The Morgan fingerprint density at radius 1 is 1.20 bits per heavy atom. The highest BCUT2D eigenvalue weighted by molar-refractivity contribution is 6.14. The summed E-state index contributed by atoms with van der Waals surface area (Å²) in [7, 11) is 1.54. The summed E-state index contributed by atoms with van der Waals surface area (Å²) in [5, 5.41) is 10.8. The maximum atomic E-state index is 13.2. The van der Waals surface area contributed by atoms with Gasteiger partial charge < -0.3 is 28.8 Å². The van der Waals surface area contributed by atoms with Gasteiger partial charge in [0.25, 0.3) is 5.91 Å². The molecular weight excluding hydrogens is 448 g/mol. The molecule has 0 fully saturated rings. The molecule has 1 N–H and O–H groups in total. The van der Waals surface area contributed by atoms with Crippen molar-refractivity contribution in [3.63, 3.8) is 0 Å². The van der Waals surface area contributed by atoms with Crippen LogP contribution in [0.2, 0.25) is 0 Å². The minimum absolute atomic E-state index is 0.0341. The number of rotatable bonds is 13. The number of hydrogen-bond acceptors (Lipinski definition) is 7.